The Labute approximate surface area is 163 Å². The predicted molar refractivity (Wildman–Crippen MR) is 108 cm³/mol. The summed E-state index contributed by atoms with van der Waals surface area (Å²) in [6.45, 7) is 4.37. The monoisotopic (exact) mass is 380 g/mol. The number of methoxy groups -OCH3 is 1. The third-order valence-electron chi connectivity index (χ3n) is 4.86. The van der Waals surface area contributed by atoms with E-state index in [2.05, 4.69) is 20.6 Å². The summed E-state index contributed by atoms with van der Waals surface area (Å²) in [4.78, 5) is 19.6. The van der Waals surface area contributed by atoms with Gasteiger partial charge in [0, 0.05) is 57.2 Å². The fraction of sp³-hybridized carbons (Fsp3) is 0.350. The van der Waals surface area contributed by atoms with Crippen molar-refractivity contribution in [3.63, 3.8) is 0 Å². The number of carbonyl (C=O) groups is 1. The molecule has 146 valence electrons. The summed E-state index contributed by atoms with van der Waals surface area (Å²) in [6.07, 6.45) is 3.68. The van der Waals surface area contributed by atoms with Crippen LogP contribution in [-0.4, -0.2) is 71.8 Å². The van der Waals surface area contributed by atoms with Crippen LogP contribution in [0.2, 0.25) is 0 Å². The molecule has 0 unspecified atom stereocenters. The standard InChI is InChI=1S/C20H24N6O2/c1-28-12-11-25-9-6-21-18-5-8-26-19(24-18)17(14-23-26)15-3-2-4-16(13-15)20(27)22-7-10-25/h2-5,8,13-14H,6-7,9-12H2,1H3,(H,21,24)(H,22,27). The normalized spacial score (nSPS) is 15.7. The highest BCUT2D eigenvalue weighted by Gasteiger charge is 2.13. The Morgan fingerprint density at radius 3 is 2.82 bits per heavy atom. The first-order chi connectivity index (χ1) is 13.7. The Morgan fingerprint density at radius 1 is 1.14 bits per heavy atom. The van der Waals surface area contributed by atoms with Crippen molar-refractivity contribution in [2.75, 3.05) is 51.8 Å². The fourth-order valence-electron chi connectivity index (χ4n) is 3.33. The van der Waals surface area contributed by atoms with Gasteiger partial charge in [-0.05, 0) is 23.8 Å². The van der Waals surface area contributed by atoms with Crippen LogP contribution in [0, 0.1) is 0 Å². The summed E-state index contributed by atoms with van der Waals surface area (Å²) in [5.74, 6) is 0.729. The lowest BCUT2D eigenvalue weighted by atomic mass is 10.1. The number of hydrogen-bond acceptors (Lipinski definition) is 6. The van der Waals surface area contributed by atoms with Crippen LogP contribution in [0.1, 0.15) is 10.4 Å². The zero-order valence-corrected chi connectivity index (χ0v) is 15.9. The second-order valence-electron chi connectivity index (χ2n) is 6.74. The quantitative estimate of drug-likeness (QED) is 0.717. The number of nitrogens with zero attached hydrogens (tertiary/aromatic N) is 4. The van der Waals surface area contributed by atoms with Gasteiger partial charge in [-0.2, -0.15) is 5.10 Å². The molecule has 4 bridgehead atoms. The van der Waals surface area contributed by atoms with Gasteiger partial charge in [-0.1, -0.05) is 12.1 Å². The second-order valence-corrected chi connectivity index (χ2v) is 6.74. The number of fused-ring (bicyclic) bond motifs is 4. The molecule has 8 heteroatoms. The first-order valence-corrected chi connectivity index (χ1v) is 9.43. The molecular formula is C20H24N6O2. The molecule has 1 amide bonds. The van der Waals surface area contributed by atoms with Gasteiger partial charge in [0.25, 0.3) is 5.91 Å². The van der Waals surface area contributed by atoms with Crippen LogP contribution in [-0.2, 0) is 4.74 Å². The molecule has 1 aliphatic rings. The van der Waals surface area contributed by atoms with Crippen molar-refractivity contribution in [2.24, 2.45) is 0 Å². The molecule has 3 heterocycles. The van der Waals surface area contributed by atoms with E-state index in [1.165, 1.54) is 0 Å². The lowest BCUT2D eigenvalue weighted by molar-refractivity contribution is 0.0945. The Balaban J connectivity index is 1.69. The zero-order valence-electron chi connectivity index (χ0n) is 15.9. The SMILES string of the molecule is COCCN1CCNC(=O)c2cccc(c2)-c2cnn3ccc(nc23)NCC1. The Kier molecular flexibility index (Phi) is 5.50. The molecule has 0 radical (unpaired) electrons. The Morgan fingerprint density at radius 2 is 1.96 bits per heavy atom. The summed E-state index contributed by atoms with van der Waals surface area (Å²) in [7, 11) is 1.70. The summed E-state index contributed by atoms with van der Waals surface area (Å²) in [6, 6.07) is 9.49. The van der Waals surface area contributed by atoms with Crippen LogP contribution >= 0.6 is 0 Å². The van der Waals surface area contributed by atoms with E-state index in [4.69, 9.17) is 9.72 Å². The van der Waals surface area contributed by atoms with E-state index >= 15 is 0 Å². The lowest BCUT2D eigenvalue weighted by Crippen LogP contribution is -2.39. The molecule has 0 atom stereocenters. The molecule has 8 nitrogen and oxygen atoms in total. The highest BCUT2D eigenvalue weighted by molar-refractivity contribution is 5.96. The molecule has 0 saturated heterocycles. The maximum absolute atomic E-state index is 12.6. The molecule has 0 aliphatic carbocycles. The number of nitrogens with one attached hydrogen (secondary N) is 2. The summed E-state index contributed by atoms with van der Waals surface area (Å²) < 4.78 is 6.95. The smallest absolute Gasteiger partial charge is 0.251 e. The summed E-state index contributed by atoms with van der Waals surface area (Å²) in [5.41, 5.74) is 3.21. The molecule has 28 heavy (non-hydrogen) atoms. The number of hydrogen-bond donors (Lipinski definition) is 2. The predicted octanol–water partition coefficient (Wildman–Crippen LogP) is 1.50. The molecule has 3 aromatic rings. The van der Waals surface area contributed by atoms with Gasteiger partial charge >= 0.3 is 0 Å². The molecule has 2 N–H and O–H groups in total. The van der Waals surface area contributed by atoms with Gasteiger partial charge in [0.05, 0.1) is 12.8 Å². The molecule has 0 spiro atoms. The minimum atomic E-state index is -0.0772. The van der Waals surface area contributed by atoms with E-state index in [-0.39, 0.29) is 5.91 Å². The van der Waals surface area contributed by atoms with Crippen LogP contribution < -0.4 is 10.6 Å². The number of anilines is 1. The molecule has 2 aromatic heterocycles. The molecule has 0 saturated carbocycles. The number of carbonyl (C=O) groups excluding carboxylic acids is 1. The third kappa shape index (κ3) is 3.97. The van der Waals surface area contributed by atoms with Crippen LogP contribution in [0.15, 0.2) is 42.7 Å². The number of rotatable bonds is 3. The van der Waals surface area contributed by atoms with E-state index in [9.17, 15) is 4.79 Å². The highest BCUT2D eigenvalue weighted by atomic mass is 16.5. The van der Waals surface area contributed by atoms with Gasteiger partial charge in [-0.15, -0.1) is 0 Å². The number of amides is 1. The minimum Gasteiger partial charge on any atom is -0.383 e. The van der Waals surface area contributed by atoms with Crippen molar-refractivity contribution in [1.82, 2.24) is 24.8 Å². The average molecular weight is 380 g/mol. The van der Waals surface area contributed by atoms with Crippen LogP contribution in [0.3, 0.4) is 0 Å². The first kappa shape index (κ1) is 18.4. The van der Waals surface area contributed by atoms with Crippen molar-refractivity contribution < 1.29 is 9.53 Å². The van der Waals surface area contributed by atoms with Crippen LogP contribution in [0.25, 0.3) is 16.8 Å². The van der Waals surface area contributed by atoms with Gasteiger partial charge in [0.1, 0.15) is 5.82 Å². The van der Waals surface area contributed by atoms with Crippen molar-refractivity contribution >= 4 is 17.4 Å². The van der Waals surface area contributed by atoms with Gasteiger partial charge in [0.15, 0.2) is 5.65 Å². The molecule has 0 fully saturated rings. The Bertz CT molecular complexity index is 970. The van der Waals surface area contributed by atoms with Crippen LogP contribution in [0.5, 0.6) is 0 Å². The Hall–Kier alpha value is -2.97. The summed E-state index contributed by atoms with van der Waals surface area (Å²) >= 11 is 0. The fourth-order valence-corrected chi connectivity index (χ4v) is 3.33. The molecular weight excluding hydrogens is 356 g/mol. The molecule has 4 rings (SSSR count). The van der Waals surface area contributed by atoms with E-state index in [1.807, 2.05) is 36.5 Å². The van der Waals surface area contributed by atoms with Crippen molar-refractivity contribution in [1.29, 1.82) is 0 Å². The average Bonchev–Trinajstić information content (AvgIpc) is 3.14. The first-order valence-electron chi connectivity index (χ1n) is 9.43. The number of benzene rings is 1. The largest absolute Gasteiger partial charge is 0.383 e. The van der Waals surface area contributed by atoms with E-state index in [0.29, 0.717) is 18.7 Å². The zero-order chi connectivity index (χ0) is 19.3. The van der Waals surface area contributed by atoms with Crippen molar-refractivity contribution in [3.05, 3.63) is 48.3 Å². The van der Waals surface area contributed by atoms with Gasteiger partial charge in [-0.25, -0.2) is 9.50 Å². The topological polar surface area (TPSA) is 83.8 Å². The van der Waals surface area contributed by atoms with Gasteiger partial charge in [-0.3, -0.25) is 9.69 Å². The van der Waals surface area contributed by atoms with E-state index in [0.717, 1.165) is 48.8 Å². The van der Waals surface area contributed by atoms with Gasteiger partial charge in [0.2, 0.25) is 0 Å². The molecule has 1 aliphatic heterocycles. The van der Waals surface area contributed by atoms with Crippen LogP contribution in [0.4, 0.5) is 5.82 Å². The van der Waals surface area contributed by atoms with E-state index in [1.54, 1.807) is 17.8 Å². The van der Waals surface area contributed by atoms with Crippen molar-refractivity contribution in [3.8, 4) is 11.1 Å². The van der Waals surface area contributed by atoms with Gasteiger partial charge < -0.3 is 15.4 Å². The number of aromatic nitrogens is 3. The maximum Gasteiger partial charge on any atom is 0.251 e. The van der Waals surface area contributed by atoms with E-state index < -0.39 is 0 Å². The maximum atomic E-state index is 12.6. The van der Waals surface area contributed by atoms with Crippen molar-refractivity contribution in [2.45, 2.75) is 0 Å². The third-order valence-corrected chi connectivity index (χ3v) is 4.86. The highest BCUT2D eigenvalue weighted by Crippen LogP contribution is 2.25. The molecule has 1 aromatic carbocycles. The minimum absolute atomic E-state index is 0.0772. The summed E-state index contributed by atoms with van der Waals surface area (Å²) in [5, 5.41) is 10.8. The second kappa shape index (κ2) is 8.37. The lowest BCUT2D eigenvalue weighted by Gasteiger charge is -2.22. The number of ether oxygens (including phenoxy) is 1.